The lowest BCUT2D eigenvalue weighted by Gasteiger charge is -2.19. The van der Waals surface area contributed by atoms with Crippen LogP contribution in [0.25, 0.3) is 16.9 Å². The van der Waals surface area contributed by atoms with E-state index in [4.69, 9.17) is 0 Å². The molecule has 0 saturated heterocycles. The maximum atomic E-state index is 13.4. The normalized spacial score (nSPS) is 12.9. The van der Waals surface area contributed by atoms with Crippen LogP contribution in [0.2, 0.25) is 0 Å². The quantitative estimate of drug-likeness (QED) is 0.0923. The molecule has 220 valence electrons. The number of alkyl halides is 3. The van der Waals surface area contributed by atoms with E-state index in [0.717, 1.165) is 42.4 Å². The SMILES string of the molecule is CC(=O)OCON=[N+]([O-])N(C)[C@@H](C)C(=O)NS(=O)(=O)c1ccc(-n2nc(C(F)(F)F)cc2-c2ccc(C)cc2)cc1. The number of halogens is 3. The predicted octanol–water partition coefficient (Wildman–Crippen LogP) is 3.32. The van der Waals surface area contributed by atoms with Gasteiger partial charge in [0, 0.05) is 12.5 Å². The molecule has 3 rings (SSSR count). The minimum Gasteiger partial charge on any atom is -0.569 e. The summed E-state index contributed by atoms with van der Waals surface area (Å²) >= 11 is 0. The smallest absolute Gasteiger partial charge is 0.435 e. The molecule has 1 N–H and O–H groups in total. The van der Waals surface area contributed by atoms with Gasteiger partial charge < -0.3 is 14.8 Å². The summed E-state index contributed by atoms with van der Waals surface area (Å²) in [5.74, 6) is -1.78. The average Bonchev–Trinajstić information content (AvgIpc) is 3.36. The maximum Gasteiger partial charge on any atom is 0.435 e. The number of carbonyl (C=O) groups is 2. The second kappa shape index (κ2) is 12.2. The van der Waals surface area contributed by atoms with Crippen LogP contribution in [-0.2, 0) is 35.4 Å². The number of nitrogens with zero attached hydrogens (tertiary/aromatic N) is 5. The van der Waals surface area contributed by atoms with E-state index in [1.165, 1.54) is 19.1 Å². The first-order valence-corrected chi connectivity index (χ1v) is 13.2. The third kappa shape index (κ3) is 7.71. The Labute approximate surface area is 232 Å². The molecule has 1 heterocycles. The van der Waals surface area contributed by atoms with E-state index in [-0.39, 0.29) is 21.2 Å². The first-order valence-electron chi connectivity index (χ1n) is 11.7. The molecule has 0 bridgehead atoms. The number of hydrazine groups is 1. The number of amides is 1. The van der Waals surface area contributed by atoms with Crippen LogP contribution in [-0.4, -0.2) is 59.9 Å². The molecule has 17 heteroatoms. The topological polar surface area (TPSA) is 158 Å². The maximum absolute atomic E-state index is 13.4. The second-order valence-corrected chi connectivity index (χ2v) is 10.3. The van der Waals surface area contributed by atoms with Crippen LogP contribution in [0.4, 0.5) is 13.2 Å². The molecular weight excluding hydrogens is 573 g/mol. The van der Waals surface area contributed by atoms with Crippen molar-refractivity contribution in [1.82, 2.24) is 19.5 Å². The summed E-state index contributed by atoms with van der Waals surface area (Å²) in [6.07, 6.45) is -4.72. The van der Waals surface area contributed by atoms with Crippen molar-refractivity contribution in [2.24, 2.45) is 5.28 Å². The number of rotatable bonds is 10. The lowest BCUT2D eigenvalue weighted by Crippen LogP contribution is -2.47. The van der Waals surface area contributed by atoms with Crippen LogP contribution >= 0.6 is 0 Å². The minimum absolute atomic E-state index is 0.127. The Balaban J connectivity index is 1.80. The van der Waals surface area contributed by atoms with Gasteiger partial charge in [0.2, 0.25) is 5.28 Å². The molecule has 1 amide bonds. The number of sulfonamides is 1. The van der Waals surface area contributed by atoms with Gasteiger partial charge in [-0.25, -0.2) is 17.8 Å². The van der Waals surface area contributed by atoms with Crippen LogP contribution in [0.1, 0.15) is 25.1 Å². The number of hydrogen-bond donors (Lipinski definition) is 1. The van der Waals surface area contributed by atoms with Crippen molar-refractivity contribution in [3.8, 4) is 16.9 Å². The van der Waals surface area contributed by atoms with Crippen LogP contribution in [0.3, 0.4) is 0 Å². The van der Waals surface area contributed by atoms with Crippen molar-refractivity contribution in [3.63, 3.8) is 0 Å². The van der Waals surface area contributed by atoms with Gasteiger partial charge in [0.15, 0.2) is 11.7 Å². The van der Waals surface area contributed by atoms with E-state index >= 15 is 0 Å². The van der Waals surface area contributed by atoms with Gasteiger partial charge in [0.1, 0.15) is 0 Å². The molecule has 3 aromatic rings. The fourth-order valence-electron chi connectivity index (χ4n) is 3.25. The molecule has 1 aromatic heterocycles. The zero-order chi connectivity index (χ0) is 30.5. The van der Waals surface area contributed by atoms with Crippen molar-refractivity contribution in [2.75, 3.05) is 13.8 Å². The zero-order valence-electron chi connectivity index (χ0n) is 22.1. The Morgan fingerprint density at radius 3 is 2.34 bits per heavy atom. The molecular formula is C24H25F3N6O7S. The molecule has 0 aliphatic carbocycles. The van der Waals surface area contributed by atoms with E-state index in [1.807, 2.05) is 11.6 Å². The minimum atomic E-state index is -4.72. The Bertz CT molecular complexity index is 1540. The molecule has 0 fully saturated rings. The molecule has 0 saturated carbocycles. The number of likely N-dealkylation sites (N-methyl/N-ethyl adjacent to an activating group) is 1. The Morgan fingerprint density at radius 1 is 1.17 bits per heavy atom. The number of carbonyl (C=O) groups excluding carboxylic acids is 2. The van der Waals surface area contributed by atoms with Crippen LogP contribution in [0, 0.1) is 12.1 Å². The van der Waals surface area contributed by atoms with E-state index in [2.05, 4.69) is 20.0 Å². The van der Waals surface area contributed by atoms with Crippen molar-refractivity contribution < 1.29 is 45.7 Å². The Kier molecular flexibility index (Phi) is 9.21. The number of esters is 1. The summed E-state index contributed by atoms with van der Waals surface area (Å²) in [5, 5.41) is 19.4. The fraction of sp³-hybridized carbons (Fsp3) is 0.292. The summed E-state index contributed by atoms with van der Waals surface area (Å²) in [6, 6.07) is 10.9. The van der Waals surface area contributed by atoms with E-state index in [9.17, 15) is 36.4 Å². The predicted molar refractivity (Wildman–Crippen MR) is 135 cm³/mol. The van der Waals surface area contributed by atoms with Crippen molar-refractivity contribution in [3.05, 3.63) is 71.1 Å². The first-order chi connectivity index (χ1) is 19.1. The lowest BCUT2D eigenvalue weighted by molar-refractivity contribution is -0.710. The third-order valence-corrected chi connectivity index (χ3v) is 6.99. The van der Waals surface area contributed by atoms with Crippen LogP contribution in [0.5, 0.6) is 0 Å². The summed E-state index contributed by atoms with van der Waals surface area (Å²) < 4.78 is 73.2. The van der Waals surface area contributed by atoms with Crippen molar-refractivity contribution in [1.29, 1.82) is 0 Å². The monoisotopic (exact) mass is 598 g/mol. The van der Waals surface area contributed by atoms with Crippen LogP contribution < -0.4 is 4.72 Å². The highest BCUT2D eigenvalue weighted by molar-refractivity contribution is 7.90. The molecule has 41 heavy (non-hydrogen) atoms. The molecule has 0 radical (unpaired) electrons. The van der Waals surface area contributed by atoms with Gasteiger partial charge in [-0.2, -0.15) is 18.3 Å². The third-order valence-electron chi connectivity index (χ3n) is 5.63. The average molecular weight is 599 g/mol. The van der Waals surface area contributed by atoms with Gasteiger partial charge in [-0.05, 0) is 44.2 Å². The molecule has 13 nitrogen and oxygen atoms in total. The van der Waals surface area contributed by atoms with Gasteiger partial charge >= 0.3 is 12.1 Å². The van der Waals surface area contributed by atoms with Gasteiger partial charge in [-0.15, -0.1) is 5.01 Å². The molecule has 2 aromatic carbocycles. The number of aryl methyl sites for hydroxylation is 1. The van der Waals surface area contributed by atoms with Crippen LogP contribution in [0.15, 0.2) is 64.8 Å². The highest BCUT2D eigenvalue weighted by atomic mass is 32.2. The number of nitrogens with one attached hydrogen (secondary N) is 1. The summed E-state index contributed by atoms with van der Waals surface area (Å²) in [6.45, 7) is 3.49. The van der Waals surface area contributed by atoms with Crippen molar-refractivity contribution >= 4 is 21.9 Å². The Hall–Kier alpha value is -4.67. The van der Waals surface area contributed by atoms with E-state index < -0.39 is 46.6 Å². The Morgan fingerprint density at radius 2 is 1.78 bits per heavy atom. The second-order valence-electron chi connectivity index (χ2n) is 8.62. The molecule has 0 spiro atoms. The number of hydrogen-bond acceptors (Lipinski definition) is 9. The van der Waals surface area contributed by atoms with Crippen molar-refractivity contribution in [2.45, 2.75) is 37.9 Å². The fourth-order valence-corrected chi connectivity index (χ4v) is 4.29. The molecule has 0 aliphatic heterocycles. The highest BCUT2D eigenvalue weighted by Crippen LogP contribution is 2.33. The van der Waals surface area contributed by atoms with Gasteiger partial charge in [0.25, 0.3) is 22.7 Å². The summed E-state index contributed by atoms with van der Waals surface area (Å²) in [4.78, 5) is 27.2. The summed E-state index contributed by atoms with van der Waals surface area (Å²) in [5.41, 5.74) is 0.481. The number of aromatic nitrogens is 2. The standard InChI is InChI=1S/C24H25F3N6O7S/c1-15-5-7-18(8-6-15)21-13-22(24(25,26)27)28-32(21)19-9-11-20(12-10-19)41(37,38)29-23(35)16(2)31(4)33(36)30-40-14-39-17(3)34/h5-13,16H,14H2,1-4H3,(H,29,35)/t16-/m0/s1. The molecule has 0 unspecified atom stereocenters. The van der Waals surface area contributed by atoms with Gasteiger partial charge in [-0.1, -0.05) is 29.8 Å². The summed E-state index contributed by atoms with van der Waals surface area (Å²) in [7, 11) is -3.33. The molecule has 1 atom stereocenters. The first kappa shape index (κ1) is 30.9. The highest BCUT2D eigenvalue weighted by Gasteiger charge is 2.35. The van der Waals surface area contributed by atoms with Gasteiger partial charge in [-0.3, -0.25) is 9.59 Å². The lowest BCUT2D eigenvalue weighted by atomic mass is 10.1. The number of ether oxygens (including phenoxy) is 1. The number of benzene rings is 2. The van der Waals surface area contributed by atoms with E-state index in [1.54, 1.807) is 24.3 Å². The van der Waals surface area contributed by atoms with Gasteiger partial charge in [0.05, 0.1) is 28.3 Å². The largest absolute Gasteiger partial charge is 0.569 e. The van der Waals surface area contributed by atoms with E-state index in [0.29, 0.717) is 10.6 Å². The molecule has 0 aliphatic rings. The zero-order valence-corrected chi connectivity index (χ0v) is 22.9.